The fourth-order valence-electron chi connectivity index (χ4n) is 1.73. The molecule has 0 radical (unpaired) electrons. The van der Waals surface area contributed by atoms with Gasteiger partial charge < -0.3 is 10.1 Å². The number of ether oxygens (including phenoxy) is 1. The largest absolute Gasteiger partial charge is 0.452 e. The number of carbonyl (C=O) groups excluding carboxylic acids is 1. The van der Waals surface area contributed by atoms with E-state index in [1.54, 1.807) is 4.72 Å². The molecule has 1 saturated heterocycles. The third kappa shape index (κ3) is 4.88. The van der Waals surface area contributed by atoms with Crippen molar-refractivity contribution < 1.29 is 17.9 Å². The molecule has 8 heteroatoms. The summed E-state index contributed by atoms with van der Waals surface area (Å²) in [4.78, 5) is 10.8. The summed E-state index contributed by atoms with van der Waals surface area (Å²) >= 11 is 0. The van der Waals surface area contributed by atoms with Gasteiger partial charge in [0.1, 0.15) is 0 Å². The van der Waals surface area contributed by atoms with Crippen LogP contribution in [0.3, 0.4) is 0 Å². The molecule has 1 amide bonds. The maximum Gasteiger partial charge on any atom is 0.421 e. The monoisotopic (exact) mass is 265 g/mol. The van der Waals surface area contributed by atoms with Gasteiger partial charge in [-0.3, -0.25) is 0 Å². The molecule has 0 bridgehead atoms. The molecule has 0 spiro atoms. The number of amides is 1. The number of hydrogen-bond acceptors (Lipinski definition) is 5. The van der Waals surface area contributed by atoms with E-state index in [1.165, 1.54) is 0 Å². The lowest BCUT2D eigenvalue weighted by Gasteiger charge is -2.29. The fraction of sp³-hybridized carbons (Fsp3) is 0.889. The first-order chi connectivity index (χ1) is 7.94. The summed E-state index contributed by atoms with van der Waals surface area (Å²) in [6, 6.07) is 0. The highest BCUT2D eigenvalue weighted by Gasteiger charge is 2.23. The van der Waals surface area contributed by atoms with Gasteiger partial charge in [0.05, 0.1) is 7.11 Å². The van der Waals surface area contributed by atoms with Crippen molar-refractivity contribution in [2.45, 2.75) is 13.3 Å². The zero-order chi connectivity index (χ0) is 12.9. The highest BCUT2D eigenvalue weighted by Crippen LogP contribution is 2.17. The van der Waals surface area contributed by atoms with Gasteiger partial charge >= 0.3 is 16.3 Å². The lowest BCUT2D eigenvalue weighted by atomic mass is 9.88. The van der Waals surface area contributed by atoms with E-state index in [2.05, 4.69) is 21.7 Å². The van der Waals surface area contributed by atoms with Gasteiger partial charge in [-0.15, -0.1) is 0 Å². The average molecular weight is 265 g/mol. The number of carbonyl (C=O) groups is 1. The van der Waals surface area contributed by atoms with Crippen molar-refractivity contribution in [3.8, 4) is 0 Å². The highest BCUT2D eigenvalue weighted by molar-refractivity contribution is 7.88. The van der Waals surface area contributed by atoms with Crippen molar-refractivity contribution in [2.75, 3.05) is 26.7 Å². The molecule has 2 unspecified atom stereocenters. The van der Waals surface area contributed by atoms with Crippen LogP contribution in [0.1, 0.15) is 13.3 Å². The van der Waals surface area contributed by atoms with E-state index in [1.807, 2.05) is 0 Å². The number of nitrogens with one attached hydrogen (secondary N) is 3. The lowest BCUT2D eigenvalue weighted by molar-refractivity contribution is 0.177. The Morgan fingerprint density at radius 3 is 2.82 bits per heavy atom. The van der Waals surface area contributed by atoms with Crippen molar-refractivity contribution in [1.29, 1.82) is 0 Å². The highest BCUT2D eigenvalue weighted by atomic mass is 32.2. The van der Waals surface area contributed by atoms with Crippen LogP contribution < -0.4 is 14.8 Å². The van der Waals surface area contributed by atoms with Crippen LogP contribution in [0.2, 0.25) is 0 Å². The maximum absolute atomic E-state index is 11.4. The second-order valence-corrected chi connectivity index (χ2v) is 5.68. The summed E-state index contributed by atoms with van der Waals surface area (Å²) in [5.74, 6) is 0.690. The van der Waals surface area contributed by atoms with Crippen LogP contribution in [0.4, 0.5) is 4.79 Å². The van der Waals surface area contributed by atoms with Crippen LogP contribution in [0, 0.1) is 11.8 Å². The average Bonchev–Trinajstić information content (AvgIpc) is 2.27. The van der Waals surface area contributed by atoms with Crippen molar-refractivity contribution in [2.24, 2.45) is 11.8 Å². The van der Waals surface area contributed by atoms with Gasteiger partial charge in [0.25, 0.3) is 0 Å². The van der Waals surface area contributed by atoms with E-state index in [4.69, 9.17) is 0 Å². The predicted molar refractivity (Wildman–Crippen MR) is 62.6 cm³/mol. The quantitative estimate of drug-likeness (QED) is 0.632. The van der Waals surface area contributed by atoms with Gasteiger partial charge in [-0.05, 0) is 31.3 Å². The molecular formula is C9H19N3O4S. The van der Waals surface area contributed by atoms with Gasteiger partial charge in [0, 0.05) is 6.54 Å². The molecule has 1 aliphatic rings. The van der Waals surface area contributed by atoms with E-state index in [-0.39, 0.29) is 5.92 Å². The SMILES string of the molecule is COC(=O)NS(=O)(=O)NCC1CNCCC1C. The molecule has 3 N–H and O–H groups in total. The molecule has 2 atom stereocenters. The number of hydrogen-bond donors (Lipinski definition) is 3. The zero-order valence-corrected chi connectivity index (χ0v) is 10.8. The first-order valence-electron chi connectivity index (χ1n) is 5.50. The summed E-state index contributed by atoms with van der Waals surface area (Å²) in [6.07, 6.45) is 0.0314. The molecule has 0 aliphatic carbocycles. The Bertz CT molecular complexity index is 357. The van der Waals surface area contributed by atoms with E-state index >= 15 is 0 Å². The van der Waals surface area contributed by atoms with E-state index in [9.17, 15) is 13.2 Å². The first kappa shape index (κ1) is 14.2. The Kier molecular flexibility index (Phi) is 5.16. The molecule has 1 fully saturated rings. The van der Waals surface area contributed by atoms with Crippen LogP contribution in [0.15, 0.2) is 0 Å². The topological polar surface area (TPSA) is 96.5 Å². The van der Waals surface area contributed by atoms with E-state index in [0.717, 1.165) is 26.6 Å². The molecule has 100 valence electrons. The van der Waals surface area contributed by atoms with Gasteiger partial charge in [-0.2, -0.15) is 13.1 Å². The van der Waals surface area contributed by atoms with Crippen LogP contribution in [0.5, 0.6) is 0 Å². The summed E-state index contributed by atoms with van der Waals surface area (Å²) in [5, 5.41) is 3.21. The van der Waals surface area contributed by atoms with Crippen molar-refractivity contribution >= 4 is 16.3 Å². The summed E-state index contributed by atoms with van der Waals surface area (Å²) in [7, 11) is -2.71. The maximum atomic E-state index is 11.4. The minimum Gasteiger partial charge on any atom is -0.452 e. The van der Waals surface area contributed by atoms with Crippen LogP contribution in [0.25, 0.3) is 0 Å². The first-order valence-corrected chi connectivity index (χ1v) is 6.99. The summed E-state index contributed by atoms with van der Waals surface area (Å²) < 4.78 is 31.1. The third-order valence-corrected chi connectivity index (χ3v) is 3.91. The second kappa shape index (κ2) is 6.18. The molecule has 0 aromatic carbocycles. The Morgan fingerprint density at radius 1 is 1.53 bits per heavy atom. The van der Waals surface area contributed by atoms with Crippen LogP contribution in [-0.2, 0) is 14.9 Å². The van der Waals surface area contributed by atoms with Crippen molar-refractivity contribution in [1.82, 2.24) is 14.8 Å². The van der Waals surface area contributed by atoms with Crippen LogP contribution >= 0.6 is 0 Å². The van der Waals surface area contributed by atoms with Gasteiger partial charge in [-0.25, -0.2) is 9.52 Å². The Morgan fingerprint density at radius 2 is 2.24 bits per heavy atom. The van der Waals surface area contributed by atoms with Crippen LogP contribution in [-0.4, -0.2) is 41.3 Å². The zero-order valence-electron chi connectivity index (χ0n) is 10.0. The molecular weight excluding hydrogens is 246 g/mol. The number of piperidine rings is 1. The molecule has 0 aromatic rings. The lowest BCUT2D eigenvalue weighted by Crippen LogP contribution is -2.46. The number of rotatable bonds is 4. The summed E-state index contributed by atoms with van der Waals surface area (Å²) in [6.45, 7) is 4.14. The summed E-state index contributed by atoms with van der Waals surface area (Å²) in [5.41, 5.74) is 0. The molecule has 7 nitrogen and oxygen atoms in total. The minimum atomic E-state index is -3.82. The smallest absolute Gasteiger partial charge is 0.421 e. The number of methoxy groups -OCH3 is 1. The van der Waals surface area contributed by atoms with Gasteiger partial charge in [0.15, 0.2) is 0 Å². The second-order valence-electron chi connectivity index (χ2n) is 4.18. The molecule has 1 heterocycles. The third-order valence-electron chi connectivity index (χ3n) is 2.93. The van der Waals surface area contributed by atoms with Gasteiger partial charge in [0.2, 0.25) is 0 Å². The Balaban J connectivity index is 2.40. The molecule has 1 aliphatic heterocycles. The van der Waals surface area contributed by atoms with E-state index < -0.39 is 16.3 Å². The molecule has 0 saturated carbocycles. The fourth-order valence-corrected chi connectivity index (χ4v) is 2.54. The molecule has 17 heavy (non-hydrogen) atoms. The Labute approximate surface area is 101 Å². The van der Waals surface area contributed by atoms with E-state index in [0.29, 0.717) is 12.5 Å². The molecule has 1 rings (SSSR count). The minimum absolute atomic E-state index is 0.234. The Hall–Kier alpha value is -0.860. The van der Waals surface area contributed by atoms with Gasteiger partial charge in [-0.1, -0.05) is 6.92 Å². The predicted octanol–water partition coefficient (Wildman–Crippen LogP) is -0.578. The normalized spacial score (nSPS) is 25.3. The standard InChI is InChI=1S/C9H19N3O4S/c1-7-3-4-10-5-8(7)6-11-17(14,15)12-9(13)16-2/h7-8,10-11H,3-6H2,1-2H3,(H,12,13). The van der Waals surface area contributed by atoms with Crippen molar-refractivity contribution in [3.63, 3.8) is 0 Å². The molecule has 0 aromatic heterocycles. The van der Waals surface area contributed by atoms with Crippen molar-refractivity contribution in [3.05, 3.63) is 0 Å².